The molecule has 1 radical (unpaired) electrons. The van der Waals surface area contributed by atoms with E-state index in [4.69, 9.17) is 17.1 Å². The van der Waals surface area contributed by atoms with E-state index in [0.29, 0.717) is 22.3 Å². The van der Waals surface area contributed by atoms with Crippen molar-refractivity contribution in [3.8, 4) is 44.8 Å². The maximum absolute atomic E-state index is 9.15. The molecule has 5 aromatic carbocycles. The monoisotopic (exact) mass is 1040 g/mol. The third kappa shape index (κ3) is 10.3. The van der Waals surface area contributed by atoms with Crippen LogP contribution < -0.4 is 0 Å². The number of hydrogen-bond donors (Lipinski definition) is 0. The number of benzene rings is 5. The molecular weight excluding hydrogens is 979 g/mol. The molecule has 0 atom stereocenters. The van der Waals surface area contributed by atoms with Crippen LogP contribution in [0.15, 0.2) is 120 Å². The zero-order valence-electron chi connectivity index (χ0n) is 41.2. The molecule has 329 valence electrons. The van der Waals surface area contributed by atoms with E-state index >= 15 is 0 Å². The summed E-state index contributed by atoms with van der Waals surface area (Å²) in [5.74, 6) is 0. The second kappa shape index (κ2) is 18.3. The Balaban J connectivity index is 0.000000221. The number of aryl methyl sites for hydroxylation is 3. The molecule has 0 spiro atoms. The minimum atomic E-state index is -1.61. The molecule has 0 saturated heterocycles. The minimum Gasteiger partial charge on any atom is -0.498 e. The van der Waals surface area contributed by atoms with E-state index in [1.807, 2.05) is 57.3 Å². The zero-order valence-corrected chi connectivity index (χ0v) is 42.4. The van der Waals surface area contributed by atoms with E-state index in [-0.39, 0.29) is 25.5 Å². The molecule has 0 unspecified atom stereocenters. The van der Waals surface area contributed by atoms with Crippen molar-refractivity contribution in [1.29, 1.82) is 0 Å². The Morgan fingerprint density at radius 2 is 1.42 bits per heavy atom. The van der Waals surface area contributed by atoms with Crippen LogP contribution in [0.1, 0.15) is 97.9 Å². The molecule has 0 aliphatic rings. The number of nitrogens with zero attached hydrogens (tertiary/aromatic N) is 3. The summed E-state index contributed by atoms with van der Waals surface area (Å²) >= 11 is 1.71. The van der Waals surface area contributed by atoms with E-state index in [1.54, 1.807) is 17.5 Å². The fourth-order valence-corrected chi connectivity index (χ4v) is 9.11. The van der Waals surface area contributed by atoms with Crippen molar-refractivity contribution in [2.45, 2.75) is 101 Å². The summed E-state index contributed by atoms with van der Waals surface area (Å²) < 4.78 is 26.0. The quantitative estimate of drug-likeness (QED) is 0.156. The Bertz CT molecular complexity index is 3160. The Labute approximate surface area is 400 Å². The molecule has 4 heterocycles. The van der Waals surface area contributed by atoms with Gasteiger partial charge in [-0.15, -0.1) is 64.9 Å². The molecule has 0 N–H and O–H groups in total. The van der Waals surface area contributed by atoms with Crippen LogP contribution in [0.4, 0.5) is 0 Å². The van der Waals surface area contributed by atoms with Gasteiger partial charge in [0.05, 0.1) is 15.3 Å². The van der Waals surface area contributed by atoms with Gasteiger partial charge in [0.2, 0.25) is 0 Å². The van der Waals surface area contributed by atoms with Crippen LogP contribution >= 0.6 is 11.3 Å². The van der Waals surface area contributed by atoms with Gasteiger partial charge in [0.1, 0.15) is 11.1 Å². The predicted octanol–water partition coefficient (Wildman–Crippen LogP) is 16.3. The summed E-state index contributed by atoms with van der Waals surface area (Å²) in [6, 6.07) is 42.4. The first-order chi connectivity index (χ1) is 30.6. The molecule has 64 heavy (non-hydrogen) atoms. The number of fused-ring (bicyclic) bond motifs is 5. The van der Waals surface area contributed by atoms with Crippen molar-refractivity contribution in [1.82, 2.24) is 15.0 Å². The molecule has 0 aliphatic carbocycles. The van der Waals surface area contributed by atoms with Crippen LogP contribution in [0, 0.1) is 43.7 Å². The van der Waals surface area contributed by atoms with Crippen molar-refractivity contribution in [3.63, 3.8) is 0 Å². The molecule has 6 heteroatoms. The van der Waals surface area contributed by atoms with Gasteiger partial charge in [-0.05, 0) is 105 Å². The molecule has 0 bridgehead atoms. The van der Waals surface area contributed by atoms with Crippen LogP contribution in [0.5, 0.6) is 0 Å². The maximum Gasteiger partial charge on any atom is 0.148 e. The number of pyridine rings is 2. The van der Waals surface area contributed by atoms with E-state index in [2.05, 4.69) is 152 Å². The topological polar surface area (TPSA) is 51.8 Å². The first kappa shape index (κ1) is 44.0. The summed E-state index contributed by atoms with van der Waals surface area (Å²) in [5.41, 5.74) is 15.1. The summed E-state index contributed by atoms with van der Waals surface area (Å²) in [4.78, 5) is 14.3. The molecule has 0 amide bonds. The number of aromatic nitrogens is 3. The Morgan fingerprint density at radius 1 is 0.703 bits per heavy atom. The number of hydrogen-bond acceptors (Lipinski definition) is 5. The second-order valence-electron chi connectivity index (χ2n) is 20.2. The largest absolute Gasteiger partial charge is 0.498 e. The molecule has 0 fully saturated rings. The molecule has 9 rings (SSSR count). The van der Waals surface area contributed by atoms with Crippen molar-refractivity contribution >= 4 is 43.5 Å². The van der Waals surface area contributed by atoms with Gasteiger partial charge in [-0.25, -0.2) is 4.98 Å². The summed E-state index contributed by atoms with van der Waals surface area (Å²) in [6.45, 7) is 25.4. The van der Waals surface area contributed by atoms with Gasteiger partial charge < -0.3 is 14.4 Å². The third-order valence-electron chi connectivity index (χ3n) is 11.0. The van der Waals surface area contributed by atoms with Crippen molar-refractivity contribution < 1.29 is 27.3 Å². The van der Waals surface area contributed by atoms with Crippen LogP contribution in [0.2, 0.25) is 0 Å². The van der Waals surface area contributed by atoms with Gasteiger partial charge in [0.15, 0.2) is 0 Å². The molecule has 9 aromatic rings. The summed E-state index contributed by atoms with van der Waals surface area (Å²) in [7, 11) is 0. The summed E-state index contributed by atoms with van der Waals surface area (Å²) in [5, 5.41) is 3.09. The fourth-order valence-electron chi connectivity index (χ4n) is 8.09. The fraction of sp³-hybridized carbons (Fsp3) is 0.293. The van der Waals surface area contributed by atoms with E-state index in [1.165, 1.54) is 22.3 Å². The smallest absolute Gasteiger partial charge is 0.148 e. The Morgan fingerprint density at radius 3 is 2.08 bits per heavy atom. The van der Waals surface area contributed by atoms with Crippen molar-refractivity contribution in [2.75, 3.05) is 0 Å². The zero-order chi connectivity index (χ0) is 46.6. The number of thiazole rings is 1. The molecular formula is C58H59IrN3OS-2. The van der Waals surface area contributed by atoms with Crippen LogP contribution in [0.3, 0.4) is 0 Å². The molecule has 0 saturated carbocycles. The standard InChI is InChI=1S/C35H35N2OS.C23H24N.Ir/c1-20-11-9-12-21(2)29(20)26-17-27(36-19-22(26)18-34(3,4)5)25-14-10-13-23-24-15-16-28-30(32(24)38-31(23)25)37-33(39-28)35(6,7)8;1-17-5-9-20(10-6-17)22-15-21(13-14-24-22)19-11-7-18(8-12-19)16-23(2,3)4;/h9-13,15-17,19H,18H2,1-8H3;5-9,11-15H,16H2,1-4H3;/q2*-1;/i18D2;;. The maximum atomic E-state index is 9.15. The molecule has 4 aromatic heterocycles. The number of rotatable bonds is 6. The van der Waals surface area contributed by atoms with E-state index < -0.39 is 11.8 Å². The van der Waals surface area contributed by atoms with Gasteiger partial charge in [-0.1, -0.05) is 141 Å². The van der Waals surface area contributed by atoms with Gasteiger partial charge >= 0.3 is 0 Å². The minimum absolute atomic E-state index is 0. The van der Waals surface area contributed by atoms with E-state index in [0.717, 1.165) is 77.1 Å². The van der Waals surface area contributed by atoms with Crippen LogP contribution in [-0.4, -0.2) is 15.0 Å². The first-order valence-electron chi connectivity index (χ1n) is 22.9. The van der Waals surface area contributed by atoms with Crippen molar-refractivity contribution in [2.24, 2.45) is 10.8 Å². The molecule has 4 nitrogen and oxygen atoms in total. The van der Waals surface area contributed by atoms with E-state index in [9.17, 15) is 0 Å². The van der Waals surface area contributed by atoms with Crippen LogP contribution in [0.25, 0.3) is 76.9 Å². The average Bonchev–Trinajstić information content (AvgIpc) is 3.86. The van der Waals surface area contributed by atoms with Crippen LogP contribution in [-0.2, 0) is 38.3 Å². The first-order valence-corrected chi connectivity index (χ1v) is 22.7. The van der Waals surface area contributed by atoms with Gasteiger partial charge in [-0.2, -0.15) is 0 Å². The summed E-state index contributed by atoms with van der Waals surface area (Å²) in [6.07, 6.45) is 3.07. The van der Waals surface area contributed by atoms with Crippen molar-refractivity contribution in [3.05, 3.63) is 160 Å². The predicted molar refractivity (Wildman–Crippen MR) is 268 cm³/mol. The average molecular weight is 1040 g/mol. The third-order valence-corrected chi connectivity index (χ3v) is 12.5. The SMILES string of the molecule is Cc1c[c-]c(-c2cc(-c3ccc(CC(C)(C)C)cc3)ccn2)cc1.[2H]C([2H])(c1cnc(-c2[c-]ccc3c2oc2c3ccc3sc(C(C)(C)C)nc32)cc1-c1c(C)cccc1C)C(C)(C)C.[Ir]. The normalized spacial score (nSPS) is 12.8. The Hall–Kier alpha value is -5.26. The van der Waals surface area contributed by atoms with Gasteiger partial charge in [0, 0.05) is 46.0 Å². The number of furan rings is 1. The second-order valence-corrected chi connectivity index (χ2v) is 21.2. The van der Waals surface area contributed by atoms with Gasteiger partial charge in [-0.3, -0.25) is 0 Å². The molecule has 0 aliphatic heterocycles. The van der Waals surface area contributed by atoms with Gasteiger partial charge in [0.25, 0.3) is 0 Å². The Kier molecular flexibility index (Phi) is 12.6.